The largest absolute Gasteiger partial charge is 0.416 e. The molecule has 1 aliphatic rings. The smallest absolute Gasteiger partial charge is 0.349 e. The van der Waals surface area contributed by atoms with Crippen LogP contribution in [0, 0.1) is 5.92 Å². The average Bonchev–Trinajstić information content (AvgIpc) is 2.83. The second-order valence-corrected chi connectivity index (χ2v) is 10.6. The second kappa shape index (κ2) is 9.94. The van der Waals surface area contributed by atoms with Gasteiger partial charge in [0.05, 0.1) is 17.1 Å². The molecule has 4 rings (SSSR count). The van der Waals surface area contributed by atoms with Crippen molar-refractivity contribution in [2.24, 2.45) is 5.92 Å². The Kier molecular flexibility index (Phi) is 7.14. The van der Waals surface area contributed by atoms with E-state index in [1.54, 1.807) is 18.2 Å². The van der Waals surface area contributed by atoms with Gasteiger partial charge in [-0.05, 0) is 56.4 Å². The number of rotatable bonds is 6. The second-order valence-electron chi connectivity index (χ2n) is 8.85. The highest BCUT2D eigenvalue weighted by Crippen LogP contribution is 2.35. The van der Waals surface area contributed by atoms with Crippen molar-refractivity contribution in [2.75, 3.05) is 0 Å². The SMILES string of the molecule is C[C@@H](NC(=O)[C@H]1CC[C@H](NS(=O)(=O)c2cnc3ccccc3c2)CC1)c1ccccc1C(F)(F)F. The number of sulfonamides is 1. The van der Waals surface area contributed by atoms with E-state index < -0.39 is 33.7 Å². The monoisotopic (exact) mass is 505 g/mol. The van der Waals surface area contributed by atoms with Crippen molar-refractivity contribution in [3.05, 3.63) is 71.9 Å². The van der Waals surface area contributed by atoms with Crippen molar-refractivity contribution in [3.8, 4) is 0 Å². The molecule has 35 heavy (non-hydrogen) atoms. The maximum absolute atomic E-state index is 13.3. The van der Waals surface area contributed by atoms with E-state index in [4.69, 9.17) is 0 Å². The molecule has 1 amide bonds. The van der Waals surface area contributed by atoms with E-state index in [0.29, 0.717) is 31.2 Å². The summed E-state index contributed by atoms with van der Waals surface area (Å²) in [5, 5.41) is 3.42. The third-order valence-corrected chi connectivity index (χ3v) is 7.87. The van der Waals surface area contributed by atoms with Crippen LogP contribution >= 0.6 is 0 Å². The zero-order chi connectivity index (χ0) is 25.2. The molecule has 1 atom stereocenters. The molecule has 0 saturated heterocycles. The van der Waals surface area contributed by atoms with Crippen LogP contribution < -0.4 is 10.0 Å². The van der Waals surface area contributed by atoms with Crippen LogP contribution in [0.3, 0.4) is 0 Å². The molecular formula is C25H26F3N3O3S. The molecule has 0 unspecified atom stereocenters. The van der Waals surface area contributed by atoms with E-state index >= 15 is 0 Å². The van der Waals surface area contributed by atoms with E-state index in [2.05, 4.69) is 15.0 Å². The fourth-order valence-electron chi connectivity index (χ4n) is 4.50. The number of amides is 1. The number of para-hydroxylation sites is 1. The topological polar surface area (TPSA) is 88.2 Å². The van der Waals surface area contributed by atoms with Crippen molar-refractivity contribution in [1.29, 1.82) is 0 Å². The molecule has 0 bridgehead atoms. The molecule has 0 radical (unpaired) electrons. The first kappa shape index (κ1) is 25.1. The number of pyridine rings is 1. The van der Waals surface area contributed by atoms with E-state index in [0.717, 1.165) is 11.5 Å². The van der Waals surface area contributed by atoms with Gasteiger partial charge in [-0.15, -0.1) is 0 Å². The Morgan fingerprint density at radius 2 is 1.69 bits per heavy atom. The van der Waals surface area contributed by atoms with E-state index in [9.17, 15) is 26.4 Å². The summed E-state index contributed by atoms with van der Waals surface area (Å²) in [5.74, 6) is -0.715. The third-order valence-electron chi connectivity index (χ3n) is 6.39. The van der Waals surface area contributed by atoms with Gasteiger partial charge in [0.15, 0.2) is 0 Å². The van der Waals surface area contributed by atoms with Gasteiger partial charge >= 0.3 is 6.18 Å². The van der Waals surface area contributed by atoms with Gasteiger partial charge in [-0.1, -0.05) is 36.4 Å². The summed E-state index contributed by atoms with van der Waals surface area (Å²) in [6.07, 6.45) is -1.42. The summed E-state index contributed by atoms with van der Waals surface area (Å²) in [7, 11) is -3.78. The number of alkyl halides is 3. The van der Waals surface area contributed by atoms with Crippen LogP contribution in [0.15, 0.2) is 65.7 Å². The number of carbonyl (C=O) groups is 1. The van der Waals surface area contributed by atoms with Gasteiger partial charge in [-0.2, -0.15) is 13.2 Å². The van der Waals surface area contributed by atoms with Crippen molar-refractivity contribution >= 4 is 26.8 Å². The predicted molar refractivity (Wildman–Crippen MR) is 126 cm³/mol. The normalized spacial score (nSPS) is 19.9. The third kappa shape index (κ3) is 5.82. The van der Waals surface area contributed by atoms with Crippen LogP contribution in [-0.2, 0) is 21.0 Å². The van der Waals surface area contributed by atoms with Crippen LogP contribution in [0.2, 0.25) is 0 Å². The number of fused-ring (bicyclic) bond motifs is 1. The molecule has 186 valence electrons. The lowest BCUT2D eigenvalue weighted by Gasteiger charge is -2.29. The summed E-state index contributed by atoms with van der Waals surface area (Å²) >= 11 is 0. The maximum Gasteiger partial charge on any atom is 0.416 e. The molecule has 1 aliphatic carbocycles. The Bertz CT molecular complexity index is 1320. The molecule has 10 heteroatoms. The minimum Gasteiger partial charge on any atom is -0.349 e. The summed E-state index contributed by atoms with van der Waals surface area (Å²) < 4.78 is 68.3. The quantitative estimate of drug-likeness (QED) is 0.495. The molecule has 0 spiro atoms. The Morgan fingerprint density at radius 1 is 1.03 bits per heavy atom. The Balaban J connectivity index is 1.35. The molecule has 3 aromatic rings. The minimum absolute atomic E-state index is 0.0128. The number of benzene rings is 2. The zero-order valence-corrected chi connectivity index (χ0v) is 19.9. The summed E-state index contributed by atoms with van der Waals surface area (Å²) in [6.45, 7) is 1.53. The van der Waals surface area contributed by atoms with Crippen LogP contribution in [0.25, 0.3) is 10.9 Å². The zero-order valence-electron chi connectivity index (χ0n) is 19.0. The molecule has 1 saturated carbocycles. The minimum atomic E-state index is -4.51. The lowest BCUT2D eigenvalue weighted by atomic mass is 9.85. The molecule has 0 aliphatic heterocycles. The number of hydrogen-bond donors (Lipinski definition) is 2. The van der Waals surface area contributed by atoms with Crippen molar-refractivity contribution in [2.45, 2.75) is 55.8 Å². The molecule has 1 aromatic heterocycles. The highest BCUT2D eigenvalue weighted by Gasteiger charge is 2.35. The highest BCUT2D eigenvalue weighted by atomic mass is 32.2. The first-order chi connectivity index (χ1) is 16.5. The summed E-state index contributed by atoms with van der Waals surface area (Å²) in [6, 6.07) is 12.8. The number of hydrogen-bond acceptors (Lipinski definition) is 4. The van der Waals surface area contributed by atoms with Gasteiger partial charge in [0.2, 0.25) is 15.9 Å². The van der Waals surface area contributed by atoms with Crippen LogP contribution in [-0.4, -0.2) is 25.4 Å². The van der Waals surface area contributed by atoms with Crippen molar-refractivity contribution < 1.29 is 26.4 Å². The Labute approximate surface area is 202 Å². The number of carbonyl (C=O) groups excluding carboxylic acids is 1. The van der Waals surface area contributed by atoms with Crippen molar-refractivity contribution in [1.82, 2.24) is 15.0 Å². The average molecular weight is 506 g/mol. The molecular weight excluding hydrogens is 479 g/mol. The first-order valence-corrected chi connectivity index (χ1v) is 12.9. The number of nitrogens with zero attached hydrogens (tertiary/aromatic N) is 1. The number of nitrogens with one attached hydrogen (secondary N) is 2. The van der Waals surface area contributed by atoms with Gasteiger partial charge < -0.3 is 5.32 Å². The van der Waals surface area contributed by atoms with Crippen molar-refractivity contribution in [3.63, 3.8) is 0 Å². The molecule has 2 N–H and O–H groups in total. The van der Waals surface area contributed by atoms with Crippen LogP contribution in [0.5, 0.6) is 0 Å². The number of aromatic nitrogens is 1. The predicted octanol–water partition coefficient (Wildman–Crippen LogP) is 4.97. The Hall–Kier alpha value is -2.98. The van der Waals surface area contributed by atoms with Gasteiger partial charge in [-0.25, -0.2) is 13.1 Å². The highest BCUT2D eigenvalue weighted by molar-refractivity contribution is 7.89. The Morgan fingerprint density at radius 3 is 2.40 bits per heavy atom. The molecule has 2 aromatic carbocycles. The lowest BCUT2D eigenvalue weighted by molar-refractivity contribution is -0.139. The van der Waals surface area contributed by atoms with Gasteiger partial charge in [0.25, 0.3) is 0 Å². The fourth-order valence-corrected chi connectivity index (χ4v) is 5.78. The first-order valence-electron chi connectivity index (χ1n) is 11.4. The number of halogens is 3. The molecule has 1 fully saturated rings. The van der Waals surface area contributed by atoms with Gasteiger partial charge in [0.1, 0.15) is 4.90 Å². The fraction of sp³-hybridized carbons (Fsp3) is 0.360. The van der Waals surface area contributed by atoms with Crippen LogP contribution in [0.4, 0.5) is 13.2 Å². The molecule has 6 nitrogen and oxygen atoms in total. The van der Waals surface area contributed by atoms with Crippen LogP contribution in [0.1, 0.15) is 49.8 Å². The standard InChI is InChI=1S/C25H26F3N3O3S/c1-16(21-7-3-4-8-22(21)25(26,27)28)30-24(32)17-10-12-19(13-11-17)31-35(33,34)20-14-18-6-2-5-9-23(18)29-15-20/h2-9,14-17,19,31H,10-13H2,1H3,(H,30,32)/t16-,17-,19-/m1/s1. The maximum atomic E-state index is 13.3. The summed E-state index contributed by atoms with van der Waals surface area (Å²) in [5.41, 5.74) is -0.0575. The lowest BCUT2D eigenvalue weighted by Crippen LogP contribution is -2.41. The van der Waals surface area contributed by atoms with Gasteiger partial charge in [0, 0.05) is 23.5 Å². The van der Waals surface area contributed by atoms with Gasteiger partial charge in [-0.3, -0.25) is 9.78 Å². The van der Waals surface area contributed by atoms with E-state index in [-0.39, 0.29) is 22.4 Å². The van der Waals surface area contributed by atoms with E-state index in [1.165, 1.54) is 31.3 Å². The van der Waals surface area contributed by atoms with E-state index in [1.807, 2.05) is 12.1 Å². The summed E-state index contributed by atoms with van der Waals surface area (Å²) in [4.78, 5) is 17.0. The molecule has 1 heterocycles.